The summed E-state index contributed by atoms with van der Waals surface area (Å²) in [6, 6.07) is 9.95. The highest BCUT2D eigenvalue weighted by molar-refractivity contribution is 14.0. The molecule has 1 aromatic rings. The lowest BCUT2D eigenvalue weighted by Gasteiger charge is -2.24. The summed E-state index contributed by atoms with van der Waals surface area (Å²) in [6.07, 6.45) is 0.479. The molecule has 1 atom stereocenters. The van der Waals surface area contributed by atoms with Gasteiger partial charge in [-0.15, -0.1) is 24.0 Å². The largest absolute Gasteiger partial charge is 0.444 e. The van der Waals surface area contributed by atoms with E-state index in [1.807, 2.05) is 51.1 Å². The maximum Gasteiger partial charge on any atom is 0.410 e. The number of rotatable bonds is 5. The summed E-state index contributed by atoms with van der Waals surface area (Å²) >= 11 is 0. The number of hydrogen-bond donors (Lipinski definition) is 2. The van der Waals surface area contributed by atoms with Crippen molar-refractivity contribution in [1.29, 1.82) is 0 Å². The monoisotopic (exact) mass is 531 g/mol. The van der Waals surface area contributed by atoms with E-state index >= 15 is 0 Å². The van der Waals surface area contributed by atoms with Gasteiger partial charge in [0.2, 0.25) is 5.91 Å². The Kier molecular flexibility index (Phi) is 10.4. The fourth-order valence-electron chi connectivity index (χ4n) is 2.79. The number of likely N-dealkylation sites (N-methyl/N-ethyl adjacent to an activating group) is 1. The Morgan fingerprint density at radius 3 is 2.50 bits per heavy atom. The fourth-order valence-corrected chi connectivity index (χ4v) is 2.79. The van der Waals surface area contributed by atoms with Crippen molar-refractivity contribution in [3.63, 3.8) is 0 Å². The van der Waals surface area contributed by atoms with Gasteiger partial charge in [0.25, 0.3) is 0 Å². The topological polar surface area (TPSA) is 86.3 Å². The van der Waals surface area contributed by atoms with Crippen LogP contribution in [0.3, 0.4) is 0 Å². The number of guanidine groups is 1. The SMILES string of the molecule is CN(C)C(=O)CNC(=NCc1ccccc1)NC1CCN(C(=O)OC(C)(C)C)C1.I. The van der Waals surface area contributed by atoms with Crippen LogP contribution in [0, 0.1) is 0 Å². The Labute approximate surface area is 196 Å². The zero-order valence-corrected chi connectivity index (χ0v) is 20.8. The number of aliphatic imine (C=N–C) groups is 1. The van der Waals surface area contributed by atoms with Crippen LogP contribution in [-0.4, -0.2) is 73.1 Å². The lowest BCUT2D eigenvalue weighted by Crippen LogP contribution is -2.48. The Bertz CT molecular complexity index is 719. The van der Waals surface area contributed by atoms with Gasteiger partial charge in [-0.3, -0.25) is 4.79 Å². The molecule has 1 aromatic carbocycles. The molecule has 1 aliphatic rings. The summed E-state index contributed by atoms with van der Waals surface area (Å²) in [4.78, 5) is 32.1. The summed E-state index contributed by atoms with van der Waals surface area (Å²) in [5.41, 5.74) is 0.563. The van der Waals surface area contributed by atoms with Crippen LogP contribution in [0.15, 0.2) is 35.3 Å². The predicted molar refractivity (Wildman–Crippen MR) is 129 cm³/mol. The molecule has 0 radical (unpaired) electrons. The summed E-state index contributed by atoms with van der Waals surface area (Å²) in [5, 5.41) is 6.44. The number of benzene rings is 1. The second kappa shape index (κ2) is 12.0. The maximum absolute atomic E-state index is 12.3. The van der Waals surface area contributed by atoms with E-state index in [2.05, 4.69) is 15.6 Å². The summed E-state index contributed by atoms with van der Waals surface area (Å²) in [7, 11) is 3.43. The Balaban J connectivity index is 0.00000450. The highest BCUT2D eigenvalue weighted by atomic mass is 127. The molecule has 30 heavy (non-hydrogen) atoms. The normalized spacial score (nSPS) is 16.5. The molecule has 1 aliphatic heterocycles. The minimum absolute atomic E-state index is 0. The lowest BCUT2D eigenvalue weighted by molar-refractivity contribution is -0.127. The van der Waals surface area contributed by atoms with Gasteiger partial charge in [0, 0.05) is 33.2 Å². The standard InChI is InChI=1S/C21H33N5O3.HI/c1-21(2,3)29-20(28)26-12-11-17(15-26)24-19(23-14-18(27)25(4)5)22-13-16-9-7-6-8-10-16;/h6-10,17H,11-15H2,1-5H3,(H2,22,23,24);1H. The Morgan fingerprint density at radius 2 is 1.90 bits per heavy atom. The Hall–Kier alpha value is -2.04. The molecule has 0 aliphatic carbocycles. The third-order valence-corrected chi connectivity index (χ3v) is 4.35. The van der Waals surface area contributed by atoms with Gasteiger partial charge in [0.05, 0.1) is 13.1 Å². The van der Waals surface area contributed by atoms with Crippen LogP contribution in [0.4, 0.5) is 4.79 Å². The maximum atomic E-state index is 12.3. The molecule has 0 aromatic heterocycles. The van der Waals surface area contributed by atoms with Crippen LogP contribution in [0.2, 0.25) is 0 Å². The van der Waals surface area contributed by atoms with Crippen LogP contribution in [0.25, 0.3) is 0 Å². The van der Waals surface area contributed by atoms with Gasteiger partial charge in [-0.2, -0.15) is 0 Å². The molecule has 0 bridgehead atoms. The average Bonchev–Trinajstić information content (AvgIpc) is 3.11. The fraction of sp³-hybridized carbons (Fsp3) is 0.571. The second-order valence-electron chi connectivity index (χ2n) is 8.35. The number of carbonyl (C=O) groups excluding carboxylic acids is 2. The first-order chi connectivity index (χ1) is 13.6. The van der Waals surface area contributed by atoms with Crippen molar-refractivity contribution in [3.8, 4) is 0 Å². The number of ether oxygens (including phenoxy) is 1. The minimum Gasteiger partial charge on any atom is -0.444 e. The molecule has 168 valence electrons. The van der Waals surface area contributed by atoms with Crippen molar-refractivity contribution in [1.82, 2.24) is 20.4 Å². The van der Waals surface area contributed by atoms with Gasteiger partial charge >= 0.3 is 6.09 Å². The number of hydrogen-bond acceptors (Lipinski definition) is 4. The first-order valence-electron chi connectivity index (χ1n) is 9.91. The van der Waals surface area contributed by atoms with Crippen LogP contribution in [0.5, 0.6) is 0 Å². The van der Waals surface area contributed by atoms with E-state index in [1.54, 1.807) is 19.0 Å². The van der Waals surface area contributed by atoms with Crippen molar-refractivity contribution in [2.24, 2.45) is 4.99 Å². The molecular weight excluding hydrogens is 497 g/mol. The molecule has 8 nitrogen and oxygen atoms in total. The van der Waals surface area contributed by atoms with E-state index in [4.69, 9.17) is 4.74 Å². The molecule has 1 heterocycles. The molecule has 2 N–H and O–H groups in total. The minimum atomic E-state index is -0.515. The molecule has 1 saturated heterocycles. The van der Waals surface area contributed by atoms with E-state index in [9.17, 15) is 9.59 Å². The average molecular weight is 531 g/mol. The third kappa shape index (κ3) is 9.19. The first kappa shape index (κ1) is 26.0. The van der Waals surface area contributed by atoms with Gasteiger partial charge in [-0.05, 0) is 32.8 Å². The summed E-state index contributed by atoms with van der Waals surface area (Å²) in [6.45, 7) is 7.37. The van der Waals surface area contributed by atoms with E-state index in [-0.39, 0.29) is 48.6 Å². The van der Waals surface area contributed by atoms with Crippen molar-refractivity contribution < 1.29 is 14.3 Å². The van der Waals surface area contributed by atoms with E-state index in [1.165, 1.54) is 4.90 Å². The van der Waals surface area contributed by atoms with Gasteiger partial charge in [0.15, 0.2) is 5.96 Å². The smallest absolute Gasteiger partial charge is 0.410 e. The molecular formula is C21H34IN5O3. The number of amides is 2. The van der Waals surface area contributed by atoms with Gasteiger partial charge < -0.3 is 25.2 Å². The third-order valence-electron chi connectivity index (χ3n) is 4.35. The summed E-state index contributed by atoms with van der Waals surface area (Å²) < 4.78 is 5.45. The number of halogens is 1. The Morgan fingerprint density at radius 1 is 1.23 bits per heavy atom. The lowest BCUT2D eigenvalue weighted by atomic mass is 10.2. The highest BCUT2D eigenvalue weighted by Crippen LogP contribution is 2.15. The molecule has 9 heteroatoms. The molecule has 0 saturated carbocycles. The zero-order valence-electron chi connectivity index (χ0n) is 18.5. The number of nitrogens with one attached hydrogen (secondary N) is 2. The predicted octanol–water partition coefficient (Wildman–Crippen LogP) is 2.44. The molecule has 0 spiro atoms. The van der Waals surface area contributed by atoms with Crippen LogP contribution < -0.4 is 10.6 Å². The second-order valence-corrected chi connectivity index (χ2v) is 8.35. The van der Waals surface area contributed by atoms with Gasteiger partial charge in [-0.25, -0.2) is 9.79 Å². The van der Waals surface area contributed by atoms with Crippen LogP contribution >= 0.6 is 24.0 Å². The molecule has 1 unspecified atom stereocenters. The molecule has 1 fully saturated rings. The van der Waals surface area contributed by atoms with Crippen LogP contribution in [0.1, 0.15) is 32.8 Å². The number of carbonyl (C=O) groups is 2. The van der Waals surface area contributed by atoms with Crippen molar-refractivity contribution >= 4 is 41.9 Å². The van der Waals surface area contributed by atoms with E-state index in [0.717, 1.165) is 12.0 Å². The van der Waals surface area contributed by atoms with E-state index in [0.29, 0.717) is 25.6 Å². The van der Waals surface area contributed by atoms with E-state index < -0.39 is 5.60 Å². The number of nitrogens with zero attached hydrogens (tertiary/aromatic N) is 3. The zero-order chi connectivity index (χ0) is 21.4. The highest BCUT2D eigenvalue weighted by Gasteiger charge is 2.30. The first-order valence-corrected chi connectivity index (χ1v) is 9.91. The molecule has 2 amide bonds. The number of likely N-dealkylation sites (tertiary alicyclic amines) is 1. The van der Waals surface area contributed by atoms with Crippen molar-refractivity contribution in [2.75, 3.05) is 33.7 Å². The molecule has 2 rings (SSSR count). The summed E-state index contributed by atoms with van der Waals surface area (Å²) in [5.74, 6) is 0.515. The quantitative estimate of drug-likeness (QED) is 0.347. The van der Waals surface area contributed by atoms with Crippen LogP contribution in [-0.2, 0) is 16.1 Å². The van der Waals surface area contributed by atoms with Crippen molar-refractivity contribution in [2.45, 2.75) is 45.4 Å². The van der Waals surface area contributed by atoms with Crippen molar-refractivity contribution in [3.05, 3.63) is 35.9 Å². The van der Waals surface area contributed by atoms with Gasteiger partial charge in [0.1, 0.15) is 5.60 Å². The van der Waals surface area contributed by atoms with Gasteiger partial charge in [-0.1, -0.05) is 30.3 Å².